The predicted molar refractivity (Wildman–Crippen MR) is 61.6 cm³/mol. The number of nitrogens with zero attached hydrogens (tertiary/aromatic N) is 1. The molecule has 1 heterocycles. The van der Waals surface area contributed by atoms with Crippen molar-refractivity contribution in [3.05, 3.63) is 16.1 Å². The second kappa shape index (κ2) is 5.82. The van der Waals surface area contributed by atoms with Gasteiger partial charge in [-0.25, -0.2) is 4.98 Å². The number of carbonyl (C=O) groups excluding carboxylic acids is 1. The highest BCUT2D eigenvalue weighted by Crippen LogP contribution is 2.07. The van der Waals surface area contributed by atoms with Crippen molar-refractivity contribution in [2.45, 2.75) is 39.3 Å². The zero-order chi connectivity index (χ0) is 11.3. The molecule has 0 radical (unpaired) electrons. The van der Waals surface area contributed by atoms with E-state index in [-0.39, 0.29) is 5.91 Å². The normalized spacial score (nSPS) is 12.5. The fraction of sp³-hybridized carbons (Fsp3) is 0.600. The molecule has 3 N–H and O–H groups in total. The Morgan fingerprint density at radius 1 is 1.73 bits per heavy atom. The van der Waals surface area contributed by atoms with E-state index in [1.54, 1.807) is 11.3 Å². The van der Waals surface area contributed by atoms with Gasteiger partial charge < -0.3 is 11.1 Å². The van der Waals surface area contributed by atoms with E-state index in [0.717, 1.165) is 23.5 Å². The van der Waals surface area contributed by atoms with Crippen molar-refractivity contribution in [2.75, 3.05) is 0 Å². The van der Waals surface area contributed by atoms with Crippen LogP contribution in [-0.4, -0.2) is 16.9 Å². The predicted octanol–water partition coefficient (Wildman–Crippen LogP) is 1.20. The third-order valence-electron chi connectivity index (χ3n) is 2.05. The number of thiazole rings is 1. The molecular formula is C10H17N3OS. The van der Waals surface area contributed by atoms with Crippen molar-refractivity contribution in [1.29, 1.82) is 0 Å². The fourth-order valence-electron chi connectivity index (χ4n) is 1.24. The van der Waals surface area contributed by atoms with Gasteiger partial charge in [-0.05, 0) is 13.3 Å². The van der Waals surface area contributed by atoms with E-state index in [4.69, 9.17) is 5.73 Å². The summed E-state index contributed by atoms with van der Waals surface area (Å²) in [6.45, 7) is 4.43. The van der Waals surface area contributed by atoms with E-state index in [1.165, 1.54) is 0 Å². The SMILES string of the molecule is CCC[C@H](N)C(=O)NCc1csc(C)n1. The third-order valence-corrected chi connectivity index (χ3v) is 2.87. The minimum Gasteiger partial charge on any atom is -0.349 e. The average Bonchev–Trinajstić information content (AvgIpc) is 2.61. The number of carbonyl (C=O) groups is 1. The molecule has 5 heteroatoms. The highest BCUT2D eigenvalue weighted by Gasteiger charge is 2.11. The second-order valence-corrected chi connectivity index (χ2v) is 4.53. The second-order valence-electron chi connectivity index (χ2n) is 3.47. The first kappa shape index (κ1) is 12.1. The molecule has 1 rings (SSSR count). The summed E-state index contributed by atoms with van der Waals surface area (Å²) in [4.78, 5) is 15.7. The van der Waals surface area contributed by atoms with Crippen molar-refractivity contribution in [3.8, 4) is 0 Å². The van der Waals surface area contributed by atoms with E-state index in [0.29, 0.717) is 6.54 Å². The summed E-state index contributed by atoms with van der Waals surface area (Å²) in [5, 5.41) is 5.73. The van der Waals surface area contributed by atoms with Crippen LogP contribution >= 0.6 is 11.3 Å². The Morgan fingerprint density at radius 3 is 3.00 bits per heavy atom. The Kier molecular flexibility index (Phi) is 4.71. The zero-order valence-corrected chi connectivity index (χ0v) is 9.93. The van der Waals surface area contributed by atoms with Gasteiger partial charge in [-0.15, -0.1) is 11.3 Å². The summed E-state index contributed by atoms with van der Waals surface area (Å²) in [5.41, 5.74) is 6.56. The molecule has 1 amide bonds. The van der Waals surface area contributed by atoms with E-state index in [9.17, 15) is 4.79 Å². The van der Waals surface area contributed by atoms with Crippen LogP contribution in [-0.2, 0) is 11.3 Å². The van der Waals surface area contributed by atoms with Crippen LogP contribution in [0, 0.1) is 6.92 Å². The summed E-state index contributed by atoms with van der Waals surface area (Å²) >= 11 is 1.58. The Bertz CT molecular complexity index is 324. The molecule has 0 fully saturated rings. The number of hydrogen-bond donors (Lipinski definition) is 2. The number of rotatable bonds is 5. The van der Waals surface area contributed by atoms with Gasteiger partial charge in [0.1, 0.15) is 0 Å². The Morgan fingerprint density at radius 2 is 2.47 bits per heavy atom. The van der Waals surface area contributed by atoms with Crippen LogP contribution < -0.4 is 11.1 Å². The van der Waals surface area contributed by atoms with Crippen molar-refractivity contribution >= 4 is 17.2 Å². The van der Waals surface area contributed by atoms with Gasteiger partial charge in [0, 0.05) is 5.38 Å². The zero-order valence-electron chi connectivity index (χ0n) is 9.12. The van der Waals surface area contributed by atoms with Crippen LogP contribution in [0.1, 0.15) is 30.5 Å². The minimum absolute atomic E-state index is 0.0949. The Hall–Kier alpha value is -0.940. The van der Waals surface area contributed by atoms with Crippen LogP contribution in [0.3, 0.4) is 0 Å². The quantitative estimate of drug-likeness (QED) is 0.794. The summed E-state index contributed by atoms with van der Waals surface area (Å²) in [7, 11) is 0. The first-order valence-electron chi connectivity index (χ1n) is 5.07. The maximum Gasteiger partial charge on any atom is 0.237 e. The van der Waals surface area contributed by atoms with Crippen molar-refractivity contribution in [1.82, 2.24) is 10.3 Å². The van der Waals surface area contributed by atoms with Crippen molar-refractivity contribution in [3.63, 3.8) is 0 Å². The smallest absolute Gasteiger partial charge is 0.237 e. The van der Waals surface area contributed by atoms with Crippen molar-refractivity contribution in [2.24, 2.45) is 5.73 Å². The lowest BCUT2D eigenvalue weighted by molar-refractivity contribution is -0.122. The van der Waals surface area contributed by atoms with Gasteiger partial charge in [0.2, 0.25) is 5.91 Å². The van der Waals surface area contributed by atoms with Gasteiger partial charge in [0.15, 0.2) is 0 Å². The van der Waals surface area contributed by atoms with Gasteiger partial charge in [-0.2, -0.15) is 0 Å². The van der Waals surface area contributed by atoms with Gasteiger partial charge in [0.25, 0.3) is 0 Å². The molecule has 15 heavy (non-hydrogen) atoms. The molecule has 0 aliphatic heterocycles. The monoisotopic (exact) mass is 227 g/mol. The maximum absolute atomic E-state index is 11.5. The molecule has 0 spiro atoms. The molecule has 1 aromatic rings. The third kappa shape index (κ3) is 3.97. The highest BCUT2D eigenvalue weighted by molar-refractivity contribution is 7.09. The molecule has 0 aliphatic carbocycles. The lowest BCUT2D eigenvalue weighted by Crippen LogP contribution is -2.40. The van der Waals surface area contributed by atoms with E-state index < -0.39 is 6.04 Å². The number of nitrogens with two attached hydrogens (primary N) is 1. The molecule has 84 valence electrons. The first-order chi connectivity index (χ1) is 7.13. The van der Waals surface area contributed by atoms with Crippen LogP contribution in [0.4, 0.5) is 0 Å². The molecule has 0 unspecified atom stereocenters. The maximum atomic E-state index is 11.5. The lowest BCUT2D eigenvalue weighted by Gasteiger charge is -2.09. The molecule has 0 aromatic carbocycles. The van der Waals surface area contributed by atoms with Gasteiger partial charge >= 0.3 is 0 Å². The molecule has 0 saturated heterocycles. The fourth-order valence-corrected chi connectivity index (χ4v) is 1.85. The Balaban J connectivity index is 2.34. The number of hydrogen-bond acceptors (Lipinski definition) is 4. The minimum atomic E-state index is -0.394. The topological polar surface area (TPSA) is 68.0 Å². The van der Waals surface area contributed by atoms with Gasteiger partial charge in [-0.1, -0.05) is 13.3 Å². The van der Waals surface area contributed by atoms with E-state index >= 15 is 0 Å². The first-order valence-corrected chi connectivity index (χ1v) is 5.95. The standard InChI is InChI=1S/C10H17N3OS/c1-3-4-9(11)10(14)12-5-8-6-15-7(2)13-8/h6,9H,3-5,11H2,1-2H3,(H,12,14)/t9-/m0/s1. The molecule has 1 atom stereocenters. The van der Waals surface area contributed by atoms with Crippen LogP contribution in [0.5, 0.6) is 0 Å². The average molecular weight is 227 g/mol. The molecule has 0 saturated carbocycles. The number of nitrogens with one attached hydrogen (secondary N) is 1. The van der Waals surface area contributed by atoms with E-state index in [2.05, 4.69) is 10.3 Å². The number of aryl methyl sites for hydroxylation is 1. The summed E-state index contributed by atoms with van der Waals surface area (Å²) in [6, 6.07) is -0.394. The number of amides is 1. The van der Waals surface area contributed by atoms with Gasteiger partial charge in [0.05, 0.1) is 23.3 Å². The van der Waals surface area contributed by atoms with Gasteiger partial charge in [-0.3, -0.25) is 4.79 Å². The van der Waals surface area contributed by atoms with Crippen molar-refractivity contribution < 1.29 is 4.79 Å². The molecular weight excluding hydrogens is 210 g/mol. The Labute approximate surface area is 93.9 Å². The summed E-state index contributed by atoms with van der Waals surface area (Å²) in [5.74, 6) is -0.0949. The molecule has 4 nitrogen and oxygen atoms in total. The van der Waals surface area contributed by atoms with Crippen LogP contribution in [0.2, 0.25) is 0 Å². The number of aromatic nitrogens is 1. The molecule has 0 bridgehead atoms. The van der Waals surface area contributed by atoms with E-state index in [1.807, 2.05) is 19.2 Å². The molecule has 0 aliphatic rings. The van der Waals surface area contributed by atoms with Crippen LogP contribution in [0.25, 0.3) is 0 Å². The van der Waals surface area contributed by atoms with Crippen LogP contribution in [0.15, 0.2) is 5.38 Å². The highest BCUT2D eigenvalue weighted by atomic mass is 32.1. The lowest BCUT2D eigenvalue weighted by atomic mass is 10.2. The molecule has 1 aromatic heterocycles. The summed E-state index contributed by atoms with van der Waals surface area (Å²) in [6.07, 6.45) is 1.65. The summed E-state index contributed by atoms with van der Waals surface area (Å²) < 4.78 is 0. The largest absolute Gasteiger partial charge is 0.349 e.